The number of carbonyl (C=O) groups is 1. The van der Waals surface area contributed by atoms with Crippen LogP contribution in [-0.4, -0.2) is 24.2 Å². The van der Waals surface area contributed by atoms with Crippen molar-refractivity contribution in [3.05, 3.63) is 75.9 Å². The number of hydrogen-bond acceptors (Lipinski definition) is 6. The van der Waals surface area contributed by atoms with Gasteiger partial charge in [0, 0.05) is 18.1 Å². The number of methoxy groups -OCH3 is 1. The Morgan fingerprint density at radius 2 is 2.00 bits per heavy atom. The minimum Gasteiger partial charge on any atom is -0.493 e. The molecule has 2 aromatic carbocycles. The number of rotatable bonds is 8. The molecule has 0 heterocycles. The maximum atomic E-state index is 11.9. The van der Waals surface area contributed by atoms with E-state index in [9.17, 15) is 14.9 Å². The van der Waals surface area contributed by atoms with Gasteiger partial charge in [-0.3, -0.25) is 14.9 Å². The molecule has 0 unspecified atom stereocenters. The van der Waals surface area contributed by atoms with E-state index in [0.29, 0.717) is 11.5 Å². The van der Waals surface area contributed by atoms with Gasteiger partial charge in [-0.05, 0) is 54.3 Å². The molecule has 8 nitrogen and oxygen atoms in total. The Kier molecular flexibility index (Phi) is 6.23. The van der Waals surface area contributed by atoms with Crippen molar-refractivity contribution in [2.24, 2.45) is 11.0 Å². The summed E-state index contributed by atoms with van der Waals surface area (Å²) in [6.07, 6.45) is 2.97. The summed E-state index contributed by atoms with van der Waals surface area (Å²) in [4.78, 5) is 22.1. The van der Waals surface area contributed by atoms with Crippen LogP contribution in [0.25, 0.3) is 0 Å². The van der Waals surface area contributed by atoms with Crippen molar-refractivity contribution < 1.29 is 19.2 Å². The van der Waals surface area contributed by atoms with E-state index in [1.807, 2.05) is 0 Å². The van der Waals surface area contributed by atoms with E-state index in [1.54, 1.807) is 30.3 Å². The molecule has 0 radical (unpaired) electrons. The average Bonchev–Trinajstić information content (AvgIpc) is 2.70. The summed E-state index contributed by atoms with van der Waals surface area (Å²) in [5, 5.41) is 14.7. The molecule has 1 aliphatic carbocycles. The van der Waals surface area contributed by atoms with Gasteiger partial charge in [0.2, 0.25) is 5.91 Å². The fourth-order valence-corrected chi connectivity index (χ4v) is 2.84. The molecule has 1 fully saturated rings. The van der Waals surface area contributed by atoms with Gasteiger partial charge in [0.15, 0.2) is 11.5 Å². The summed E-state index contributed by atoms with van der Waals surface area (Å²) in [6, 6.07) is 11.4. The highest BCUT2D eigenvalue weighted by molar-refractivity contribution is 5.84. The Morgan fingerprint density at radius 3 is 2.62 bits per heavy atom. The largest absolute Gasteiger partial charge is 0.493 e. The molecule has 0 aliphatic heterocycles. The number of nitro groups is 1. The molecule has 3 rings (SSSR count). The van der Waals surface area contributed by atoms with Crippen LogP contribution in [0.3, 0.4) is 0 Å². The number of allylic oxidation sites excluding steroid dienone is 1. The standard InChI is InChI=1S/C21H21N3O5/c1-14-9-17(10-14)21(25)23-22-12-16-5-8-19(20(11-16)28-2)29-13-15-3-6-18(7-4-15)24(26)27/h3-8,11-12,17H,1,9-10,13H2,2H3,(H,23,25)/b22-12-. The van der Waals surface area contributed by atoms with Crippen LogP contribution in [0.4, 0.5) is 5.69 Å². The summed E-state index contributed by atoms with van der Waals surface area (Å²) in [5.41, 5.74) is 5.19. The quantitative estimate of drug-likeness (QED) is 0.318. The number of benzene rings is 2. The number of carbonyl (C=O) groups excluding carboxylic acids is 1. The zero-order valence-corrected chi connectivity index (χ0v) is 16.0. The zero-order valence-electron chi connectivity index (χ0n) is 16.0. The van der Waals surface area contributed by atoms with Gasteiger partial charge in [-0.1, -0.05) is 12.2 Å². The van der Waals surface area contributed by atoms with Gasteiger partial charge in [0.05, 0.1) is 18.2 Å². The molecule has 0 aromatic heterocycles. The highest BCUT2D eigenvalue weighted by Crippen LogP contribution is 2.31. The van der Waals surface area contributed by atoms with Crippen molar-refractivity contribution in [2.75, 3.05) is 7.11 Å². The lowest BCUT2D eigenvalue weighted by molar-refractivity contribution is -0.384. The normalized spacial score (nSPS) is 13.8. The minimum absolute atomic E-state index is 0.0318. The number of nitrogens with zero attached hydrogens (tertiary/aromatic N) is 2. The number of hydrogen-bond donors (Lipinski definition) is 1. The van der Waals surface area contributed by atoms with Crippen molar-refractivity contribution in [1.29, 1.82) is 0 Å². The SMILES string of the molecule is C=C1CC(C(=O)N/N=C\c2ccc(OCc3ccc([N+](=O)[O-])cc3)c(OC)c2)C1. The van der Waals surface area contributed by atoms with Gasteiger partial charge >= 0.3 is 0 Å². The van der Waals surface area contributed by atoms with Gasteiger partial charge < -0.3 is 9.47 Å². The molecule has 0 atom stereocenters. The third kappa shape index (κ3) is 5.19. The molecule has 1 N–H and O–H groups in total. The topological polar surface area (TPSA) is 103 Å². The second-order valence-corrected chi connectivity index (χ2v) is 6.71. The molecule has 8 heteroatoms. The molecule has 0 bridgehead atoms. The van der Waals surface area contributed by atoms with Crippen molar-refractivity contribution in [2.45, 2.75) is 19.4 Å². The van der Waals surface area contributed by atoms with Crippen LogP contribution >= 0.6 is 0 Å². The van der Waals surface area contributed by atoms with E-state index in [1.165, 1.54) is 25.5 Å². The van der Waals surface area contributed by atoms with E-state index in [0.717, 1.165) is 29.5 Å². The Hall–Kier alpha value is -3.68. The number of non-ortho nitro benzene ring substituents is 1. The molecule has 150 valence electrons. The van der Waals surface area contributed by atoms with E-state index in [2.05, 4.69) is 17.1 Å². The number of nitro benzene ring substituents is 1. The number of amides is 1. The van der Waals surface area contributed by atoms with Crippen molar-refractivity contribution in [3.63, 3.8) is 0 Å². The van der Waals surface area contributed by atoms with Crippen molar-refractivity contribution in [3.8, 4) is 11.5 Å². The zero-order chi connectivity index (χ0) is 20.8. The predicted octanol–water partition coefficient (Wildman–Crippen LogP) is 3.60. The fraction of sp³-hybridized carbons (Fsp3) is 0.238. The first-order chi connectivity index (χ1) is 14.0. The van der Waals surface area contributed by atoms with Gasteiger partial charge in [0.1, 0.15) is 6.61 Å². The van der Waals surface area contributed by atoms with Crippen LogP contribution in [-0.2, 0) is 11.4 Å². The lowest BCUT2D eigenvalue weighted by Crippen LogP contribution is -2.32. The maximum Gasteiger partial charge on any atom is 0.269 e. The first kappa shape index (κ1) is 20.1. The maximum absolute atomic E-state index is 11.9. The number of nitrogens with one attached hydrogen (secondary N) is 1. The van der Waals surface area contributed by atoms with Crippen molar-refractivity contribution >= 4 is 17.8 Å². The first-order valence-corrected chi connectivity index (χ1v) is 9.00. The van der Waals surface area contributed by atoms with E-state index in [-0.39, 0.29) is 24.1 Å². The highest BCUT2D eigenvalue weighted by Gasteiger charge is 2.28. The van der Waals surface area contributed by atoms with E-state index >= 15 is 0 Å². The fourth-order valence-electron chi connectivity index (χ4n) is 2.84. The minimum atomic E-state index is -0.445. The molecular weight excluding hydrogens is 374 g/mol. The third-order valence-corrected chi connectivity index (χ3v) is 4.56. The van der Waals surface area contributed by atoms with Crippen LogP contribution in [0.15, 0.2) is 59.7 Å². The summed E-state index contributed by atoms with van der Waals surface area (Å²) in [6.45, 7) is 4.06. The Balaban J connectivity index is 1.57. The average molecular weight is 395 g/mol. The highest BCUT2D eigenvalue weighted by atomic mass is 16.6. The molecule has 29 heavy (non-hydrogen) atoms. The summed E-state index contributed by atoms with van der Waals surface area (Å²) < 4.78 is 11.1. The van der Waals surface area contributed by atoms with Gasteiger partial charge in [0.25, 0.3) is 5.69 Å². The second kappa shape index (κ2) is 9.01. The van der Waals surface area contributed by atoms with Crippen LogP contribution in [0.5, 0.6) is 11.5 Å². The predicted molar refractivity (Wildman–Crippen MR) is 108 cm³/mol. The monoisotopic (exact) mass is 395 g/mol. The lowest BCUT2D eigenvalue weighted by Gasteiger charge is -2.25. The van der Waals surface area contributed by atoms with Gasteiger partial charge in [-0.25, -0.2) is 5.43 Å². The van der Waals surface area contributed by atoms with Gasteiger partial charge in [-0.15, -0.1) is 0 Å². The molecule has 2 aromatic rings. The Labute approximate surface area is 168 Å². The van der Waals surface area contributed by atoms with Crippen LogP contribution < -0.4 is 14.9 Å². The van der Waals surface area contributed by atoms with Crippen molar-refractivity contribution in [1.82, 2.24) is 5.43 Å². The number of hydrazone groups is 1. The van der Waals surface area contributed by atoms with Gasteiger partial charge in [-0.2, -0.15) is 5.10 Å². The molecule has 1 aliphatic rings. The third-order valence-electron chi connectivity index (χ3n) is 4.56. The Bertz CT molecular complexity index is 945. The van der Waals surface area contributed by atoms with E-state index < -0.39 is 4.92 Å². The summed E-state index contributed by atoms with van der Waals surface area (Å²) >= 11 is 0. The number of ether oxygens (including phenoxy) is 2. The van der Waals surface area contributed by atoms with Crippen LogP contribution in [0, 0.1) is 16.0 Å². The molecule has 0 saturated heterocycles. The molecule has 0 spiro atoms. The smallest absolute Gasteiger partial charge is 0.269 e. The first-order valence-electron chi connectivity index (χ1n) is 9.00. The Morgan fingerprint density at radius 1 is 1.28 bits per heavy atom. The van der Waals surface area contributed by atoms with Crippen LogP contribution in [0.2, 0.25) is 0 Å². The second-order valence-electron chi connectivity index (χ2n) is 6.71. The lowest BCUT2D eigenvalue weighted by atomic mass is 9.81. The van der Waals surface area contributed by atoms with Crippen LogP contribution in [0.1, 0.15) is 24.0 Å². The summed E-state index contributed by atoms with van der Waals surface area (Å²) in [5.74, 6) is 0.894. The molecular formula is C21H21N3O5. The van der Waals surface area contributed by atoms with E-state index in [4.69, 9.17) is 9.47 Å². The molecule has 1 saturated carbocycles. The molecule has 1 amide bonds. The summed E-state index contributed by atoms with van der Waals surface area (Å²) in [7, 11) is 1.53.